The molecule has 0 spiro atoms. The molecule has 7 nitrogen and oxygen atoms in total. The van der Waals surface area contributed by atoms with Crippen LogP contribution in [0, 0.1) is 10.1 Å². The summed E-state index contributed by atoms with van der Waals surface area (Å²) in [5, 5.41) is 14.7. The number of nitrogens with one attached hydrogen (secondary N) is 1. The highest BCUT2D eigenvalue weighted by molar-refractivity contribution is 6.30. The smallest absolute Gasteiger partial charge is 0.312 e. The molecule has 2 aliphatic heterocycles. The van der Waals surface area contributed by atoms with Crippen molar-refractivity contribution < 1.29 is 14.5 Å². The monoisotopic (exact) mass is 353 g/mol. The third-order valence-electron chi connectivity index (χ3n) is 4.63. The number of amides is 1. The van der Waals surface area contributed by atoms with Crippen LogP contribution in [-0.4, -0.2) is 47.5 Å². The van der Waals surface area contributed by atoms with E-state index in [4.69, 9.17) is 16.3 Å². The number of hydrogen-bond acceptors (Lipinski definition) is 5. The molecule has 2 bridgehead atoms. The van der Waals surface area contributed by atoms with Gasteiger partial charge in [-0.05, 0) is 37.9 Å². The summed E-state index contributed by atoms with van der Waals surface area (Å²) >= 11 is 5.77. The first kappa shape index (κ1) is 17.0. The van der Waals surface area contributed by atoms with Gasteiger partial charge >= 0.3 is 5.69 Å². The molecule has 2 unspecified atom stereocenters. The molecule has 2 atom stereocenters. The standard InChI is InChI=1S/C16H20ClN3O4/c17-11-1-4-15(14(9-11)20(22)23)24-8-6-16(21)19-12-2-3-13(19)10-18-7-5-12/h1,4,9,12-13,18H,2-3,5-8,10H2. The van der Waals surface area contributed by atoms with Gasteiger partial charge in [0.15, 0.2) is 5.75 Å². The molecule has 1 amide bonds. The van der Waals surface area contributed by atoms with Crippen LogP contribution in [0.1, 0.15) is 25.7 Å². The number of rotatable bonds is 5. The second kappa shape index (κ2) is 7.36. The average Bonchev–Trinajstić information content (AvgIpc) is 2.81. The Hall–Kier alpha value is -1.86. The third-order valence-corrected chi connectivity index (χ3v) is 4.87. The van der Waals surface area contributed by atoms with Crippen molar-refractivity contribution in [2.24, 2.45) is 0 Å². The van der Waals surface area contributed by atoms with Gasteiger partial charge in [-0.1, -0.05) is 11.6 Å². The molecule has 130 valence electrons. The number of nitro benzene ring substituents is 1. The van der Waals surface area contributed by atoms with E-state index in [1.54, 1.807) is 0 Å². The molecule has 0 saturated carbocycles. The van der Waals surface area contributed by atoms with Crippen molar-refractivity contribution in [3.63, 3.8) is 0 Å². The van der Waals surface area contributed by atoms with E-state index in [0.717, 1.165) is 32.4 Å². The Morgan fingerprint density at radius 1 is 1.38 bits per heavy atom. The van der Waals surface area contributed by atoms with E-state index < -0.39 is 4.92 Å². The Labute approximate surface area is 145 Å². The molecule has 2 aliphatic rings. The molecule has 0 aliphatic carbocycles. The van der Waals surface area contributed by atoms with Gasteiger partial charge in [-0.3, -0.25) is 14.9 Å². The second-order valence-corrected chi connectivity index (χ2v) is 6.58. The van der Waals surface area contributed by atoms with Gasteiger partial charge in [0.1, 0.15) is 0 Å². The lowest BCUT2D eigenvalue weighted by molar-refractivity contribution is -0.385. The van der Waals surface area contributed by atoms with E-state index in [9.17, 15) is 14.9 Å². The summed E-state index contributed by atoms with van der Waals surface area (Å²) in [5.41, 5.74) is -0.186. The minimum absolute atomic E-state index is 0.0582. The molecular weight excluding hydrogens is 334 g/mol. The van der Waals surface area contributed by atoms with Crippen LogP contribution in [0.4, 0.5) is 5.69 Å². The summed E-state index contributed by atoms with van der Waals surface area (Å²) in [6, 6.07) is 4.81. The first-order valence-electron chi connectivity index (χ1n) is 8.15. The summed E-state index contributed by atoms with van der Waals surface area (Å²) in [5.74, 6) is 0.195. The Morgan fingerprint density at radius 2 is 2.17 bits per heavy atom. The number of nitrogens with zero attached hydrogens (tertiary/aromatic N) is 2. The fraction of sp³-hybridized carbons (Fsp3) is 0.562. The van der Waals surface area contributed by atoms with Crippen molar-refractivity contribution in [3.8, 4) is 5.75 Å². The van der Waals surface area contributed by atoms with Crippen molar-refractivity contribution in [1.29, 1.82) is 0 Å². The molecule has 1 N–H and O–H groups in total. The Morgan fingerprint density at radius 3 is 2.96 bits per heavy atom. The normalized spacial score (nSPS) is 23.0. The molecule has 2 heterocycles. The van der Waals surface area contributed by atoms with E-state index >= 15 is 0 Å². The van der Waals surface area contributed by atoms with Crippen LogP contribution < -0.4 is 10.1 Å². The van der Waals surface area contributed by atoms with Crippen LogP contribution in [0.2, 0.25) is 5.02 Å². The number of ether oxygens (including phenoxy) is 1. The minimum atomic E-state index is -0.538. The highest BCUT2D eigenvalue weighted by Gasteiger charge is 2.37. The number of halogens is 1. The van der Waals surface area contributed by atoms with Crippen LogP contribution in [0.3, 0.4) is 0 Å². The van der Waals surface area contributed by atoms with E-state index in [-0.39, 0.29) is 41.4 Å². The Balaban J connectivity index is 1.59. The van der Waals surface area contributed by atoms with Gasteiger partial charge in [-0.15, -0.1) is 0 Å². The van der Waals surface area contributed by atoms with Gasteiger partial charge in [-0.25, -0.2) is 0 Å². The molecule has 8 heteroatoms. The SMILES string of the molecule is O=C(CCOc1ccc(Cl)cc1[N+](=O)[O-])N1C2CCNCC1CC2. The highest BCUT2D eigenvalue weighted by atomic mass is 35.5. The zero-order valence-corrected chi connectivity index (χ0v) is 14.0. The molecule has 3 rings (SSSR count). The first-order valence-corrected chi connectivity index (χ1v) is 8.52. The topological polar surface area (TPSA) is 84.7 Å². The molecule has 1 aromatic carbocycles. The van der Waals surface area contributed by atoms with Crippen LogP contribution >= 0.6 is 11.6 Å². The van der Waals surface area contributed by atoms with Crippen molar-refractivity contribution in [1.82, 2.24) is 10.2 Å². The van der Waals surface area contributed by atoms with E-state index in [1.807, 2.05) is 4.90 Å². The molecular formula is C16H20ClN3O4. The quantitative estimate of drug-likeness (QED) is 0.649. The van der Waals surface area contributed by atoms with E-state index in [0.29, 0.717) is 6.04 Å². The molecule has 24 heavy (non-hydrogen) atoms. The van der Waals surface area contributed by atoms with Crippen molar-refractivity contribution >= 4 is 23.2 Å². The Kier molecular flexibility index (Phi) is 5.20. The summed E-state index contributed by atoms with van der Waals surface area (Å²) in [6.07, 6.45) is 3.28. The zero-order valence-electron chi connectivity index (χ0n) is 13.2. The molecule has 2 fully saturated rings. The molecule has 1 aromatic rings. The second-order valence-electron chi connectivity index (χ2n) is 6.15. The maximum atomic E-state index is 12.5. The van der Waals surface area contributed by atoms with Crippen LogP contribution in [-0.2, 0) is 4.79 Å². The largest absolute Gasteiger partial charge is 0.486 e. The fourth-order valence-electron chi connectivity index (χ4n) is 3.52. The molecule has 0 aromatic heterocycles. The lowest BCUT2D eigenvalue weighted by Crippen LogP contribution is -2.42. The number of hydrogen-bond donors (Lipinski definition) is 1. The van der Waals surface area contributed by atoms with Gasteiger partial charge < -0.3 is 15.0 Å². The van der Waals surface area contributed by atoms with Crippen LogP contribution in [0.5, 0.6) is 5.75 Å². The predicted octanol–water partition coefficient (Wildman–Crippen LogP) is 2.37. The summed E-state index contributed by atoms with van der Waals surface area (Å²) in [4.78, 5) is 25.0. The average molecular weight is 354 g/mol. The van der Waals surface area contributed by atoms with Gasteiger partial charge in [0.05, 0.1) is 18.0 Å². The van der Waals surface area contributed by atoms with Crippen molar-refractivity contribution in [3.05, 3.63) is 33.3 Å². The van der Waals surface area contributed by atoms with Gasteiger partial charge in [0, 0.05) is 29.7 Å². The van der Waals surface area contributed by atoms with Gasteiger partial charge in [-0.2, -0.15) is 0 Å². The number of benzene rings is 1. The first-order chi connectivity index (χ1) is 11.6. The summed E-state index contributed by atoms with van der Waals surface area (Å²) in [6.45, 7) is 1.90. The van der Waals surface area contributed by atoms with Crippen molar-refractivity contribution in [2.45, 2.75) is 37.8 Å². The number of carbonyl (C=O) groups excluding carboxylic acids is 1. The maximum absolute atomic E-state index is 12.5. The third kappa shape index (κ3) is 3.62. The lowest BCUT2D eigenvalue weighted by atomic mass is 10.1. The van der Waals surface area contributed by atoms with Gasteiger partial charge in [0.25, 0.3) is 0 Å². The summed E-state index contributed by atoms with van der Waals surface area (Å²) in [7, 11) is 0. The minimum Gasteiger partial charge on any atom is -0.486 e. The van der Waals surface area contributed by atoms with E-state index in [2.05, 4.69) is 5.32 Å². The lowest BCUT2D eigenvalue weighted by Gasteiger charge is -2.27. The maximum Gasteiger partial charge on any atom is 0.312 e. The predicted molar refractivity (Wildman–Crippen MR) is 89.4 cm³/mol. The van der Waals surface area contributed by atoms with Crippen molar-refractivity contribution in [2.75, 3.05) is 19.7 Å². The zero-order chi connectivity index (χ0) is 17.1. The number of fused-ring (bicyclic) bond motifs is 2. The van der Waals surface area contributed by atoms with Crippen LogP contribution in [0.15, 0.2) is 18.2 Å². The number of carbonyl (C=O) groups is 1. The van der Waals surface area contributed by atoms with E-state index in [1.165, 1.54) is 18.2 Å². The fourth-order valence-corrected chi connectivity index (χ4v) is 3.69. The highest BCUT2D eigenvalue weighted by Crippen LogP contribution is 2.31. The van der Waals surface area contributed by atoms with Gasteiger partial charge in [0.2, 0.25) is 5.91 Å². The van der Waals surface area contributed by atoms with Crippen LogP contribution in [0.25, 0.3) is 0 Å². The molecule has 0 radical (unpaired) electrons. The molecule has 2 saturated heterocycles. The summed E-state index contributed by atoms with van der Waals surface area (Å²) < 4.78 is 5.47. The Bertz CT molecular complexity index is 626. The number of nitro groups is 1.